The minimum Gasteiger partial charge on any atom is -0.335 e. The van der Waals surface area contributed by atoms with Gasteiger partial charge in [-0.2, -0.15) is 0 Å². The van der Waals surface area contributed by atoms with Crippen LogP contribution in [0.3, 0.4) is 0 Å². The van der Waals surface area contributed by atoms with Crippen LogP contribution in [0.25, 0.3) is 0 Å². The predicted octanol–water partition coefficient (Wildman–Crippen LogP) is 2.01. The summed E-state index contributed by atoms with van der Waals surface area (Å²) in [5.74, 6) is 1.13. The van der Waals surface area contributed by atoms with Crippen LogP contribution in [0.15, 0.2) is 24.5 Å². The second-order valence-corrected chi connectivity index (χ2v) is 4.63. The Morgan fingerprint density at radius 1 is 1.40 bits per heavy atom. The number of aromatic nitrogens is 2. The van der Waals surface area contributed by atoms with Gasteiger partial charge in [-0.25, -0.2) is 4.98 Å². The summed E-state index contributed by atoms with van der Waals surface area (Å²) in [7, 11) is 0. The highest BCUT2D eigenvalue weighted by molar-refractivity contribution is 7.12. The third-order valence-electron chi connectivity index (χ3n) is 2.39. The van der Waals surface area contributed by atoms with E-state index >= 15 is 0 Å². The van der Waals surface area contributed by atoms with Crippen molar-refractivity contribution in [1.82, 2.24) is 9.55 Å². The first-order valence-electron chi connectivity index (χ1n) is 5.11. The molecule has 0 aliphatic rings. The summed E-state index contributed by atoms with van der Waals surface area (Å²) >= 11 is 1.77. The molecule has 0 aromatic carbocycles. The second-order valence-electron chi connectivity index (χ2n) is 3.38. The van der Waals surface area contributed by atoms with Crippen LogP contribution in [0.4, 0.5) is 0 Å². The Morgan fingerprint density at radius 2 is 2.20 bits per heavy atom. The molecule has 0 fully saturated rings. The van der Waals surface area contributed by atoms with Crippen LogP contribution in [-0.4, -0.2) is 9.55 Å². The van der Waals surface area contributed by atoms with Crippen LogP contribution in [0.5, 0.6) is 0 Å². The Bertz CT molecular complexity index is 430. The van der Waals surface area contributed by atoms with Gasteiger partial charge in [0.2, 0.25) is 0 Å². The van der Waals surface area contributed by atoms with Gasteiger partial charge < -0.3 is 10.3 Å². The zero-order valence-corrected chi connectivity index (χ0v) is 9.63. The zero-order chi connectivity index (χ0) is 10.7. The highest BCUT2D eigenvalue weighted by Crippen LogP contribution is 2.18. The number of nitrogens with two attached hydrogens (primary N) is 1. The first-order valence-corrected chi connectivity index (χ1v) is 5.92. The van der Waals surface area contributed by atoms with E-state index in [0.717, 1.165) is 18.8 Å². The fraction of sp³-hybridized carbons (Fsp3) is 0.364. The SMILES string of the molecule is CCn1ccnc1Cc1ccc(CN)s1. The smallest absolute Gasteiger partial charge is 0.113 e. The summed E-state index contributed by atoms with van der Waals surface area (Å²) in [4.78, 5) is 6.92. The lowest BCUT2D eigenvalue weighted by atomic mass is 10.3. The fourth-order valence-corrected chi connectivity index (χ4v) is 2.47. The molecule has 0 aliphatic carbocycles. The molecular formula is C11H15N3S. The van der Waals surface area contributed by atoms with Gasteiger partial charge in [-0.3, -0.25) is 0 Å². The van der Waals surface area contributed by atoms with Crippen molar-refractivity contribution < 1.29 is 0 Å². The van der Waals surface area contributed by atoms with E-state index in [0.29, 0.717) is 6.54 Å². The number of thiophene rings is 1. The predicted molar refractivity (Wildman–Crippen MR) is 62.9 cm³/mol. The minimum absolute atomic E-state index is 0.632. The Hall–Kier alpha value is -1.13. The highest BCUT2D eigenvalue weighted by atomic mass is 32.1. The zero-order valence-electron chi connectivity index (χ0n) is 8.81. The molecule has 2 rings (SSSR count). The average Bonchev–Trinajstić information content (AvgIpc) is 2.87. The summed E-state index contributed by atoms with van der Waals surface area (Å²) in [6.45, 7) is 3.74. The molecule has 15 heavy (non-hydrogen) atoms. The van der Waals surface area contributed by atoms with E-state index in [1.165, 1.54) is 9.75 Å². The molecule has 2 N–H and O–H groups in total. The molecule has 0 unspecified atom stereocenters. The largest absolute Gasteiger partial charge is 0.335 e. The summed E-state index contributed by atoms with van der Waals surface area (Å²) in [5, 5.41) is 0. The topological polar surface area (TPSA) is 43.8 Å². The van der Waals surface area contributed by atoms with Crippen LogP contribution in [-0.2, 0) is 19.5 Å². The van der Waals surface area contributed by atoms with E-state index in [2.05, 4.69) is 28.6 Å². The Kier molecular flexibility index (Phi) is 3.18. The van der Waals surface area contributed by atoms with Crippen molar-refractivity contribution in [2.45, 2.75) is 26.4 Å². The van der Waals surface area contributed by atoms with E-state index in [1.807, 2.05) is 12.4 Å². The van der Waals surface area contributed by atoms with Crippen molar-refractivity contribution >= 4 is 11.3 Å². The molecule has 0 aliphatic heterocycles. The first kappa shape index (κ1) is 10.4. The molecule has 3 nitrogen and oxygen atoms in total. The number of imidazole rings is 1. The van der Waals surface area contributed by atoms with Crippen LogP contribution in [0.2, 0.25) is 0 Å². The molecule has 2 aromatic rings. The summed E-state index contributed by atoms with van der Waals surface area (Å²) in [6.07, 6.45) is 4.79. The van der Waals surface area contributed by atoms with Gasteiger partial charge in [-0.05, 0) is 19.1 Å². The van der Waals surface area contributed by atoms with Crippen molar-refractivity contribution in [3.05, 3.63) is 40.1 Å². The maximum atomic E-state index is 5.58. The van der Waals surface area contributed by atoms with Gasteiger partial charge in [-0.15, -0.1) is 11.3 Å². The van der Waals surface area contributed by atoms with Crippen molar-refractivity contribution in [3.63, 3.8) is 0 Å². The number of nitrogens with zero attached hydrogens (tertiary/aromatic N) is 2. The van der Waals surface area contributed by atoms with Crippen molar-refractivity contribution in [1.29, 1.82) is 0 Å². The molecule has 0 spiro atoms. The standard InChI is InChI=1S/C11H15N3S/c1-2-14-6-5-13-11(14)7-9-3-4-10(8-12)15-9/h3-6H,2,7-8,12H2,1H3. The molecule has 4 heteroatoms. The lowest BCUT2D eigenvalue weighted by molar-refractivity contribution is 0.714. The minimum atomic E-state index is 0.632. The van der Waals surface area contributed by atoms with Crippen molar-refractivity contribution in [2.75, 3.05) is 0 Å². The third kappa shape index (κ3) is 2.27. The number of aryl methyl sites for hydroxylation is 1. The van der Waals surface area contributed by atoms with Gasteiger partial charge in [0, 0.05) is 41.7 Å². The Balaban J connectivity index is 2.14. The lowest BCUT2D eigenvalue weighted by Gasteiger charge is -2.02. The Morgan fingerprint density at radius 3 is 2.87 bits per heavy atom. The maximum absolute atomic E-state index is 5.58. The molecule has 2 aromatic heterocycles. The molecule has 0 radical (unpaired) electrons. The molecule has 2 heterocycles. The monoisotopic (exact) mass is 221 g/mol. The molecule has 0 saturated heterocycles. The van der Waals surface area contributed by atoms with E-state index in [9.17, 15) is 0 Å². The van der Waals surface area contributed by atoms with Gasteiger partial charge in [-0.1, -0.05) is 0 Å². The normalized spacial score (nSPS) is 10.8. The van der Waals surface area contributed by atoms with E-state index in [-0.39, 0.29) is 0 Å². The van der Waals surface area contributed by atoms with Gasteiger partial charge in [0.05, 0.1) is 0 Å². The summed E-state index contributed by atoms with van der Waals surface area (Å²) in [6, 6.07) is 4.24. The number of rotatable bonds is 4. The van der Waals surface area contributed by atoms with Gasteiger partial charge >= 0.3 is 0 Å². The molecule has 0 bridgehead atoms. The average molecular weight is 221 g/mol. The number of hydrogen-bond donors (Lipinski definition) is 1. The van der Waals surface area contributed by atoms with Crippen LogP contribution in [0.1, 0.15) is 22.5 Å². The van der Waals surface area contributed by atoms with Gasteiger partial charge in [0.1, 0.15) is 5.82 Å². The maximum Gasteiger partial charge on any atom is 0.113 e. The number of hydrogen-bond acceptors (Lipinski definition) is 3. The third-order valence-corrected chi connectivity index (χ3v) is 3.50. The molecule has 0 saturated carbocycles. The van der Waals surface area contributed by atoms with E-state index in [1.54, 1.807) is 11.3 Å². The first-order chi connectivity index (χ1) is 7.33. The summed E-state index contributed by atoms with van der Waals surface area (Å²) < 4.78 is 2.17. The fourth-order valence-electron chi connectivity index (χ4n) is 1.58. The quantitative estimate of drug-likeness (QED) is 0.858. The van der Waals surface area contributed by atoms with Gasteiger partial charge in [0.25, 0.3) is 0 Å². The molecule has 80 valence electrons. The highest BCUT2D eigenvalue weighted by Gasteiger charge is 2.04. The van der Waals surface area contributed by atoms with Crippen molar-refractivity contribution in [3.8, 4) is 0 Å². The van der Waals surface area contributed by atoms with Crippen LogP contribution < -0.4 is 5.73 Å². The van der Waals surface area contributed by atoms with E-state index in [4.69, 9.17) is 5.73 Å². The molecule has 0 amide bonds. The second kappa shape index (κ2) is 4.59. The Labute approximate surface area is 93.6 Å². The lowest BCUT2D eigenvalue weighted by Crippen LogP contribution is -2.00. The van der Waals surface area contributed by atoms with Crippen LogP contribution in [0, 0.1) is 0 Å². The van der Waals surface area contributed by atoms with Gasteiger partial charge in [0.15, 0.2) is 0 Å². The van der Waals surface area contributed by atoms with Crippen LogP contribution >= 0.6 is 11.3 Å². The molecular weight excluding hydrogens is 206 g/mol. The summed E-state index contributed by atoms with van der Waals surface area (Å²) in [5.41, 5.74) is 5.58. The molecule has 0 atom stereocenters. The van der Waals surface area contributed by atoms with Crippen molar-refractivity contribution in [2.24, 2.45) is 5.73 Å². The van der Waals surface area contributed by atoms with E-state index < -0.39 is 0 Å².